The Bertz CT molecular complexity index is 559. The zero-order valence-corrected chi connectivity index (χ0v) is 13.1. The molecule has 0 aromatic carbocycles. The maximum atomic E-state index is 4.44. The molecule has 2 rings (SSSR count). The van der Waals surface area contributed by atoms with Gasteiger partial charge in [0.25, 0.3) is 0 Å². The molecule has 0 aliphatic heterocycles. The average molecular weight is 275 g/mol. The molecule has 0 radical (unpaired) electrons. The highest BCUT2D eigenvalue weighted by Crippen LogP contribution is 2.09. The van der Waals surface area contributed by atoms with Gasteiger partial charge in [-0.3, -0.25) is 0 Å². The minimum Gasteiger partial charge on any atom is -0.338 e. The van der Waals surface area contributed by atoms with Crippen molar-refractivity contribution in [2.75, 3.05) is 0 Å². The number of nitrogens with zero attached hydrogens (tertiary/aromatic N) is 4. The van der Waals surface area contributed by atoms with Gasteiger partial charge >= 0.3 is 0 Å². The van der Waals surface area contributed by atoms with E-state index in [1.165, 1.54) is 5.69 Å². The summed E-state index contributed by atoms with van der Waals surface area (Å²) >= 11 is 0. The Morgan fingerprint density at radius 3 is 2.60 bits per heavy atom. The second kappa shape index (κ2) is 5.79. The molecule has 2 aromatic heterocycles. The predicted molar refractivity (Wildman–Crippen MR) is 80.5 cm³/mol. The van der Waals surface area contributed by atoms with Gasteiger partial charge in [0.1, 0.15) is 11.6 Å². The van der Waals surface area contributed by atoms with Crippen molar-refractivity contribution in [1.29, 1.82) is 0 Å². The second-order valence-electron chi connectivity index (χ2n) is 6.26. The lowest BCUT2D eigenvalue weighted by molar-refractivity contribution is 0.414. The van der Waals surface area contributed by atoms with Crippen LogP contribution in [0.25, 0.3) is 0 Å². The van der Waals surface area contributed by atoms with Crippen LogP contribution in [0.5, 0.6) is 0 Å². The first-order valence-corrected chi connectivity index (χ1v) is 7.09. The van der Waals surface area contributed by atoms with Gasteiger partial charge in [0.15, 0.2) is 0 Å². The van der Waals surface area contributed by atoms with Crippen molar-refractivity contribution >= 4 is 0 Å². The SMILES string of the molecule is Cc1ncc(CNC(C)(C)C)n1CCc1nccn1C. The fourth-order valence-corrected chi connectivity index (χ4v) is 2.17. The van der Waals surface area contributed by atoms with Gasteiger partial charge in [-0.05, 0) is 27.7 Å². The second-order valence-corrected chi connectivity index (χ2v) is 6.26. The number of aromatic nitrogens is 4. The average Bonchev–Trinajstić information content (AvgIpc) is 2.90. The Morgan fingerprint density at radius 1 is 1.25 bits per heavy atom. The molecule has 0 saturated carbocycles. The van der Waals surface area contributed by atoms with Crippen molar-refractivity contribution in [1.82, 2.24) is 24.4 Å². The smallest absolute Gasteiger partial charge is 0.110 e. The van der Waals surface area contributed by atoms with E-state index in [1.807, 2.05) is 25.6 Å². The highest BCUT2D eigenvalue weighted by atomic mass is 15.1. The van der Waals surface area contributed by atoms with Crippen molar-refractivity contribution < 1.29 is 0 Å². The summed E-state index contributed by atoms with van der Waals surface area (Å²) in [4.78, 5) is 8.81. The van der Waals surface area contributed by atoms with Crippen molar-refractivity contribution in [3.05, 3.63) is 35.9 Å². The molecule has 0 saturated heterocycles. The molecule has 0 bridgehead atoms. The fraction of sp³-hybridized carbons (Fsp3) is 0.600. The van der Waals surface area contributed by atoms with E-state index < -0.39 is 0 Å². The van der Waals surface area contributed by atoms with Gasteiger partial charge < -0.3 is 14.5 Å². The number of rotatable bonds is 5. The molecule has 0 atom stereocenters. The molecule has 0 fully saturated rings. The molecule has 110 valence electrons. The van der Waals surface area contributed by atoms with Gasteiger partial charge in [-0.1, -0.05) is 0 Å². The quantitative estimate of drug-likeness (QED) is 0.908. The summed E-state index contributed by atoms with van der Waals surface area (Å²) in [6.45, 7) is 10.3. The summed E-state index contributed by atoms with van der Waals surface area (Å²) < 4.78 is 4.34. The maximum Gasteiger partial charge on any atom is 0.110 e. The zero-order chi connectivity index (χ0) is 14.8. The normalized spacial score (nSPS) is 12.1. The monoisotopic (exact) mass is 275 g/mol. The molecule has 20 heavy (non-hydrogen) atoms. The summed E-state index contributed by atoms with van der Waals surface area (Å²) in [6, 6.07) is 0. The number of hydrogen-bond acceptors (Lipinski definition) is 3. The summed E-state index contributed by atoms with van der Waals surface area (Å²) in [5.74, 6) is 2.16. The van der Waals surface area contributed by atoms with Crippen molar-refractivity contribution in [2.24, 2.45) is 7.05 Å². The zero-order valence-electron chi connectivity index (χ0n) is 13.1. The summed E-state index contributed by atoms with van der Waals surface area (Å²) in [6.07, 6.45) is 6.71. The largest absolute Gasteiger partial charge is 0.338 e. The molecule has 0 aliphatic carbocycles. The van der Waals surface area contributed by atoms with E-state index in [0.717, 1.165) is 31.2 Å². The third kappa shape index (κ3) is 3.70. The molecule has 2 heterocycles. The van der Waals surface area contributed by atoms with Crippen LogP contribution in [0, 0.1) is 6.92 Å². The van der Waals surface area contributed by atoms with Gasteiger partial charge in [-0.25, -0.2) is 9.97 Å². The highest BCUT2D eigenvalue weighted by molar-refractivity contribution is 5.05. The van der Waals surface area contributed by atoms with E-state index in [-0.39, 0.29) is 5.54 Å². The van der Waals surface area contributed by atoms with Gasteiger partial charge in [-0.15, -0.1) is 0 Å². The predicted octanol–water partition coefficient (Wildman–Crippen LogP) is 2.06. The lowest BCUT2D eigenvalue weighted by Crippen LogP contribution is -2.35. The first-order valence-electron chi connectivity index (χ1n) is 7.09. The van der Waals surface area contributed by atoms with Gasteiger partial charge in [0, 0.05) is 50.7 Å². The Labute approximate surface area is 121 Å². The van der Waals surface area contributed by atoms with Crippen LogP contribution in [0.3, 0.4) is 0 Å². The maximum absolute atomic E-state index is 4.44. The third-order valence-corrected chi connectivity index (χ3v) is 3.42. The number of nitrogens with one attached hydrogen (secondary N) is 1. The van der Waals surface area contributed by atoms with Crippen molar-refractivity contribution in [3.8, 4) is 0 Å². The fourth-order valence-electron chi connectivity index (χ4n) is 2.17. The summed E-state index contributed by atoms with van der Waals surface area (Å²) in [7, 11) is 2.03. The van der Waals surface area contributed by atoms with E-state index in [0.29, 0.717) is 0 Å². The Hall–Kier alpha value is -1.62. The first-order chi connectivity index (χ1) is 9.37. The molecule has 1 N–H and O–H groups in total. The van der Waals surface area contributed by atoms with Crippen LogP contribution in [0.15, 0.2) is 18.6 Å². The van der Waals surface area contributed by atoms with Crippen LogP contribution >= 0.6 is 0 Å². The minimum absolute atomic E-state index is 0.114. The van der Waals surface area contributed by atoms with Gasteiger partial charge in [0.05, 0.1) is 5.69 Å². The molecular weight excluding hydrogens is 250 g/mol. The van der Waals surface area contributed by atoms with E-state index in [4.69, 9.17) is 0 Å². The van der Waals surface area contributed by atoms with Crippen LogP contribution in [0.2, 0.25) is 0 Å². The summed E-state index contributed by atoms with van der Waals surface area (Å²) in [5.41, 5.74) is 1.34. The Morgan fingerprint density at radius 2 is 2.00 bits per heavy atom. The highest BCUT2D eigenvalue weighted by Gasteiger charge is 2.12. The van der Waals surface area contributed by atoms with Gasteiger partial charge in [0.2, 0.25) is 0 Å². The number of aryl methyl sites for hydroxylation is 3. The topological polar surface area (TPSA) is 47.7 Å². The van der Waals surface area contributed by atoms with Crippen LogP contribution in [-0.4, -0.2) is 24.6 Å². The van der Waals surface area contributed by atoms with Crippen LogP contribution < -0.4 is 5.32 Å². The molecule has 5 nitrogen and oxygen atoms in total. The van der Waals surface area contributed by atoms with Crippen molar-refractivity contribution in [3.63, 3.8) is 0 Å². The molecular formula is C15H25N5. The Balaban J connectivity index is 2.04. The van der Waals surface area contributed by atoms with Crippen LogP contribution in [-0.2, 0) is 26.6 Å². The summed E-state index contributed by atoms with van der Waals surface area (Å²) in [5, 5.41) is 3.51. The third-order valence-electron chi connectivity index (χ3n) is 3.42. The van der Waals surface area contributed by atoms with Crippen LogP contribution in [0.1, 0.15) is 38.1 Å². The van der Waals surface area contributed by atoms with Crippen molar-refractivity contribution in [2.45, 2.75) is 52.7 Å². The lowest BCUT2D eigenvalue weighted by atomic mass is 10.1. The standard InChI is InChI=1S/C15H25N5/c1-12-17-10-13(11-18-15(2,3)4)20(12)8-6-14-16-7-9-19(14)5/h7,9-10,18H,6,8,11H2,1-5H3. The molecule has 0 aliphatic rings. The molecule has 0 unspecified atom stereocenters. The Kier molecular flexibility index (Phi) is 4.28. The number of hydrogen-bond donors (Lipinski definition) is 1. The van der Waals surface area contributed by atoms with Gasteiger partial charge in [-0.2, -0.15) is 0 Å². The molecule has 0 amide bonds. The molecule has 0 spiro atoms. The van der Waals surface area contributed by atoms with E-state index in [9.17, 15) is 0 Å². The van der Waals surface area contributed by atoms with Crippen LogP contribution in [0.4, 0.5) is 0 Å². The number of imidazole rings is 2. The molecule has 5 heteroatoms. The minimum atomic E-state index is 0.114. The molecule has 2 aromatic rings. The lowest BCUT2D eigenvalue weighted by Gasteiger charge is -2.21. The van der Waals surface area contributed by atoms with E-state index in [2.05, 4.69) is 52.1 Å². The van der Waals surface area contributed by atoms with E-state index in [1.54, 1.807) is 0 Å². The van der Waals surface area contributed by atoms with E-state index >= 15 is 0 Å². The first kappa shape index (κ1) is 14.8.